The van der Waals surface area contributed by atoms with Gasteiger partial charge < -0.3 is 14.8 Å². The van der Waals surface area contributed by atoms with E-state index >= 15 is 0 Å². The zero-order valence-corrected chi connectivity index (χ0v) is 11.4. The van der Waals surface area contributed by atoms with Crippen LogP contribution in [0.5, 0.6) is 5.75 Å². The average molecular weight is 261 g/mol. The molecule has 0 atom stereocenters. The van der Waals surface area contributed by atoms with E-state index in [4.69, 9.17) is 9.47 Å². The molecule has 104 valence electrons. The van der Waals surface area contributed by atoms with Gasteiger partial charge in [-0.1, -0.05) is 18.2 Å². The van der Waals surface area contributed by atoms with Crippen LogP contribution in [-0.4, -0.2) is 25.4 Å². The van der Waals surface area contributed by atoms with Crippen LogP contribution in [0, 0.1) is 0 Å². The molecule has 0 aromatic heterocycles. The molecule has 0 spiro atoms. The second-order valence-electron chi connectivity index (χ2n) is 5.54. The van der Waals surface area contributed by atoms with Gasteiger partial charge in [-0.05, 0) is 38.2 Å². The summed E-state index contributed by atoms with van der Waals surface area (Å²) in [5, 5.41) is 3.53. The van der Waals surface area contributed by atoms with Crippen LogP contribution < -0.4 is 10.1 Å². The van der Waals surface area contributed by atoms with Gasteiger partial charge in [0.25, 0.3) is 0 Å². The van der Waals surface area contributed by atoms with E-state index in [1.165, 1.54) is 37.7 Å². The van der Waals surface area contributed by atoms with Crippen LogP contribution in [0.25, 0.3) is 0 Å². The molecule has 1 aromatic carbocycles. The van der Waals surface area contributed by atoms with Gasteiger partial charge in [0.1, 0.15) is 12.4 Å². The van der Waals surface area contributed by atoms with Crippen LogP contribution in [0.2, 0.25) is 0 Å². The summed E-state index contributed by atoms with van der Waals surface area (Å²) in [7, 11) is 0. The van der Waals surface area contributed by atoms with Crippen molar-refractivity contribution in [2.75, 3.05) is 13.2 Å². The Hall–Kier alpha value is -1.06. The molecular weight excluding hydrogens is 238 g/mol. The van der Waals surface area contributed by atoms with Crippen molar-refractivity contribution in [1.82, 2.24) is 5.32 Å². The fourth-order valence-electron chi connectivity index (χ4n) is 2.24. The van der Waals surface area contributed by atoms with Gasteiger partial charge in [-0.3, -0.25) is 0 Å². The van der Waals surface area contributed by atoms with Gasteiger partial charge in [0.05, 0.1) is 12.7 Å². The molecule has 0 radical (unpaired) electrons. The summed E-state index contributed by atoms with van der Waals surface area (Å²) in [6.45, 7) is 2.26. The summed E-state index contributed by atoms with van der Waals surface area (Å²) in [4.78, 5) is 0. The topological polar surface area (TPSA) is 30.5 Å². The summed E-state index contributed by atoms with van der Waals surface area (Å²) in [5.41, 5.74) is 1.25. The number of ether oxygens (including phenoxy) is 2. The third-order valence-corrected chi connectivity index (χ3v) is 3.88. The molecule has 2 fully saturated rings. The van der Waals surface area contributed by atoms with E-state index in [1.807, 2.05) is 12.1 Å². The maximum atomic E-state index is 5.84. The zero-order chi connectivity index (χ0) is 12.9. The van der Waals surface area contributed by atoms with Gasteiger partial charge in [0.2, 0.25) is 0 Å². The van der Waals surface area contributed by atoms with Gasteiger partial charge in [-0.25, -0.2) is 0 Å². The summed E-state index contributed by atoms with van der Waals surface area (Å²) in [5.74, 6) is 0.993. The Morgan fingerprint density at radius 1 is 1.05 bits per heavy atom. The first-order valence-electron chi connectivity index (χ1n) is 7.47. The van der Waals surface area contributed by atoms with E-state index in [1.54, 1.807) is 0 Å². The van der Waals surface area contributed by atoms with E-state index in [2.05, 4.69) is 17.4 Å². The molecule has 0 bridgehead atoms. The summed E-state index contributed by atoms with van der Waals surface area (Å²) in [6, 6.07) is 9.02. The number of hydrogen-bond acceptors (Lipinski definition) is 3. The van der Waals surface area contributed by atoms with Gasteiger partial charge in [-0.2, -0.15) is 0 Å². The molecule has 2 aliphatic carbocycles. The molecule has 1 N–H and O–H groups in total. The molecular formula is C16H23NO2. The van der Waals surface area contributed by atoms with E-state index in [9.17, 15) is 0 Å². The third-order valence-electron chi connectivity index (χ3n) is 3.88. The lowest BCUT2D eigenvalue weighted by Gasteiger charge is -2.25. The standard InChI is InChI=1S/C16H23NO2/c1-2-7-16(13(4-1)12-17-14-8-9-14)19-11-10-18-15-5-3-6-15/h1-2,4,7,14-15,17H,3,5-6,8-12H2. The molecule has 0 saturated heterocycles. The number of benzene rings is 1. The van der Waals surface area contributed by atoms with Crippen LogP contribution in [0.4, 0.5) is 0 Å². The lowest BCUT2D eigenvalue weighted by molar-refractivity contribution is -0.0104. The molecule has 0 aliphatic heterocycles. The van der Waals surface area contributed by atoms with E-state index in [0.717, 1.165) is 18.3 Å². The second kappa shape index (κ2) is 6.40. The number of rotatable bonds is 8. The molecule has 1 aromatic rings. The Balaban J connectivity index is 1.42. The Morgan fingerprint density at radius 2 is 1.89 bits per heavy atom. The van der Waals surface area contributed by atoms with E-state index in [-0.39, 0.29) is 0 Å². The van der Waals surface area contributed by atoms with Crippen molar-refractivity contribution in [1.29, 1.82) is 0 Å². The van der Waals surface area contributed by atoms with Gasteiger partial charge in [-0.15, -0.1) is 0 Å². The Bertz CT molecular complexity index is 399. The quantitative estimate of drug-likeness (QED) is 0.730. The van der Waals surface area contributed by atoms with Crippen LogP contribution in [-0.2, 0) is 11.3 Å². The van der Waals surface area contributed by atoms with Crippen LogP contribution >= 0.6 is 0 Å². The Labute approximate surface area is 115 Å². The normalized spacial score (nSPS) is 19.2. The van der Waals surface area contributed by atoms with Gasteiger partial charge in [0, 0.05) is 18.2 Å². The van der Waals surface area contributed by atoms with Crippen molar-refractivity contribution in [3.05, 3.63) is 29.8 Å². The SMILES string of the molecule is c1ccc(OCCOC2CCC2)c(CNC2CC2)c1. The molecule has 19 heavy (non-hydrogen) atoms. The smallest absolute Gasteiger partial charge is 0.123 e. The fourth-order valence-corrected chi connectivity index (χ4v) is 2.24. The summed E-state index contributed by atoms with van der Waals surface area (Å²) >= 11 is 0. The highest BCUT2D eigenvalue weighted by atomic mass is 16.5. The lowest BCUT2D eigenvalue weighted by atomic mass is 9.96. The Morgan fingerprint density at radius 3 is 2.63 bits per heavy atom. The largest absolute Gasteiger partial charge is 0.491 e. The molecule has 3 heteroatoms. The van der Waals surface area contributed by atoms with Crippen molar-refractivity contribution in [3.8, 4) is 5.75 Å². The molecule has 2 aliphatic rings. The van der Waals surface area contributed by atoms with Crippen LogP contribution in [0.15, 0.2) is 24.3 Å². The third kappa shape index (κ3) is 3.95. The highest BCUT2D eigenvalue weighted by Crippen LogP contribution is 2.23. The highest BCUT2D eigenvalue weighted by molar-refractivity contribution is 5.33. The van der Waals surface area contributed by atoms with E-state index < -0.39 is 0 Å². The molecule has 3 rings (SSSR count). The van der Waals surface area contributed by atoms with Crippen molar-refractivity contribution in [3.63, 3.8) is 0 Å². The Kier molecular flexibility index (Phi) is 4.36. The zero-order valence-electron chi connectivity index (χ0n) is 11.4. The van der Waals surface area contributed by atoms with Crippen LogP contribution in [0.3, 0.4) is 0 Å². The predicted octanol–water partition coefficient (Wildman–Crippen LogP) is 2.89. The maximum absolute atomic E-state index is 5.84. The number of para-hydroxylation sites is 1. The number of nitrogens with one attached hydrogen (secondary N) is 1. The molecule has 0 unspecified atom stereocenters. The summed E-state index contributed by atoms with van der Waals surface area (Å²) in [6.07, 6.45) is 6.90. The minimum absolute atomic E-state index is 0.496. The fraction of sp³-hybridized carbons (Fsp3) is 0.625. The first-order chi connectivity index (χ1) is 9.42. The summed E-state index contributed by atoms with van der Waals surface area (Å²) < 4.78 is 11.6. The second-order valence-corrected chi connectivity index (χ2v) is 5.54. The minimum Gasteiger partial charge on any atom is -0.491 e. The van der Waals surface area contributed by atoms with E-state index in [0.29, 0.717) is 19.3 Å². The first kappa shape index (κ1) is 12.9. The minimum atomic E-state index is 0.496. The average Bonchev–Trinajstić information content (AvgIpc) is 3.19. The monoisotopic (exact) mass is 261 g/mol. The van der Waals surface area contributed by atoms with Crippen molar-refractivity contribution in [2.45, 2.75) is 50.8 Å². The first-order valence-corrected chi connectivity index (χ1v) is 7.47. The molecule has 0 amide bonds. The molecule has 0 heterocycles. The highest BCUT2D eigenvalue weighted by Gasteiger charge is 2.20. The predicted molar refractivity (Wildman–Crippen MR) is 75.4 cm³/mol. The molecule has 3 nitrogen and oxygen atoms in total. The maximum Gasteiger partial charge on any atom is 0.123 e. The number of hydrogen-bond donors (Lipinski definition) is 1. The van der Waals surface area contributed by atoms with Crippen LogP contribution in [0.1, 0.15) is 37.7 Å². The van der Waals surface area contributed by atoms with Crippen molar-refractivity contribution in [2.24, 2.45) is 0 Å². The van der Waals surface area contributed by atoms with Crippen molar-refractivity contribution >= 4 is 0 Å². The van der Waals surface area contributed by atoms with Crippen molar-refractivity contribution < 1.29 is 9.47 Å². The van der Waals surface area contributed by atoms with Gasteiger partial charge >= 0.3 is 0 Å². The molecule has 2 saturated carbocycles. The van der Waals surface area contributed by atoms with Gasteiger partial charge in [0.15, 0.2) is 0 Å². The lowest BCUT2D eigenvalue weighted by Crippen LogP contribution is -2.24.